The van der Waals surface area contributed by atoms with E-state index in [1.165, 1.54) is 35.5 Å². The molecule has 172 valence electrons. The van der Waals surface area contributed by atoms with E-state index in [0.29, 0.717) is 13.0 Å². The molecule has 1 aliphatic carbocycles. The number of hydrogen-bond donors (Lipinski definition) is 0. The topological polar surface area (TPSA) is 62.2 Å². The Morgan fingerprint density at radius 1 is 1.15 bits per heavy atom. The number of halogens is 1. The van der Waals surface area contributed by atoms with Gasteiger partial charge >= 0.3 is 0 Å². The molecule has 0 amide bonds. The summed E-state index contributed by atoms with van der Waals surface area (Å²) >= 11 is 0. The second-order valence-electron chi connectivity index (χ2n) is 9.90. The molecule has 3 aliphatic heterocycles. The van der Waals surface area contributed by atoms with Gasteiger partial charge in [-0.25, -0.2) is 12.8 Å². The molecule has 1 atom stereocenters. The Bertz CT molecular complexity index is 1310. The lowest BCUT2D eigenvalue weighted by Crippen LogP contribution is -2.50. The molecule has 33 heavy (non-hydrogen) atoms. The first-order valence-corrected chi connectivity index (χ1v) is 13.1. The largest absolute Gasteiger partial charge is 0.360 e. The molecule has 8 heteroatoms. The molecular weight excluding hydrogens is 441 g/mol. The first kappa shape index (κ1) is 20.7. The van der Waals surface area contributed by atoms with Gasteiger partial charge in [-0.05, 0) is 78.1 Å². The average molecular weight is 468 g/mol. The fraction of sp³-hybridized carbons (Fsp3) is 0.400. The van der Waals surface area contributed by atoms with Crippen LogP contribution in [0.1, 0.15) is 42.9 Å². The van der Waals surface area contributed by atoms with Crippen LogP contribution in [0.3, 0.4) is 0 Å². The molecule has 2 aromatic carbocycles. The number of oxime groups is 1. The smallest absolute Gasteiger partial charge is 0.234 e. The number of hydrogen-bond acceptors (Lipinski definition) is 5. The minimum Gasteiger partial charge on any atom is -0.360 e. The highest BCUT2D eigenvalue weighted by molar-refractivity contribution is 7.92. The maximum Gasteiger partial charge on any atom is 0.234 e. The van der Waals surface area contributed by atoms with E-state index in [-0.39, 0.29) is 11.2 Å². The number of amidine groups is 1. The van der Waals surface area contributed by atoms with Crippen molar-refractivity contribution in [3.63, 3.8) is 0 Å². The van der Waals surface area contributed by atoms with Gasteiger partial charge in [0.15, 0.2) is 5.84 Å². The van der Waals surface area contributed by atoms with Gasteiger partial charge in [-0.2, -0.15) is 0 Å². The summed E-state index contributed by atoms with van der Waals surface area (Å²) in [5.74, 6) is 0.558. The summed E-state index contributed by atoms with van der Waals surface area (Å²) in [7, 11) is -3.26. The maximum absolute atomic E-state index is 13.5. The SMILES string of the molecule is CC1(c2ccc(F)cc2)ON=C2/C(=C/c3ccc4c(c3)CCN4S(C)(=O)=O)CC3(CC3)CN21. The zero-order valence-corrected chi connectivity index (χ0v) is 19.5. The fourth-order valence-electron chi connectivity index (χ4n) is 5.39. The number of anilines is 1. The van der Waals surface area contributed by atoms with Gasteiger partial charge in [-0.3, -0.25) is 4.31 Å². The zero-order chi connectivity index (χ0) is 23.0. The lowest BCUT2D eigenvalue weighted by Gasteiger charge is -2.41. The van der Waals surface area contributed by atoms with Crippen molar-refractivity contribution < 1.29 is 17.6 Å². The Kier molecular flexibility index (Phi) is 4.28. The summed E-state index contributed by atoms with van der Waals surface area (Å²) in [5, 5.41) is 4.49. The quantitative estimate of drug-likeness (QED) is 0.678. The van der Waals surface area contributed by atoms with Crippen LogP contribution in [-0.2, 0) is 27.0 Å². The van der Waals surface area contributed by atoms with Crippen molar-refractivity contribution in [2.45, 2.75) is 38.3 Å². The van der Waals surface area contributed by atoms with E-state index >= 15 is 0 Å². The van der Waals surface area contributed by atoms with Crippen LogP contribution in [0.15, 0.2) is 53.2 Å². The molecule has 0 aromatic heterocycles. The highest BCUT2D eigenvalue weighted by Crippen LogP contribution is 2.57. The number of sulfonamides is 1. The molecule has 1 saturated heterocycles. The summed E-state index contributed by atoms with van der Waals surface area (Å²) in [6.45, 7) is 3.34. The molecule has 1 spiro atoms. The van der Waals surface area contributed by atoms with Crippen LogP contribution < -0.4 is 4.31 Å². The second kappa shape index (κ2) is 6.82. The molecule has 1 unspecified atom stereocenters. The molecule has 0 bridgehead atoms. The van der Waals surface area contributed by atoms with Gasteiger partial charge in [0.05, 0.1) is 11.9 Å². The van der Waals surface area contributed by atoms with E-state index in [0.717, 1.165) is 46.8 Å². The number of benzene rings is 2. The third-order valence-electron chi connectivity index (χ3n) is 7.46. The minimum atomic E-state index is -3.26. The standard InChI is InChI=1S/C25H26FN3O3S/c1-24(20-4-6-21(26)7-5-20)28-16-25(10-11-25)15-19(23(28)27-32-24)14-17-3-8-22-18(13-17)9-12-29(22)33(2,30)31/h3-8,13-14H,9-12,15-16H2,1-2H3/b19-14+. The summed E-state index contributed by atoms with van der Waals surface area (Å²) in [6, 6.07) is 12.4. The molecular formula is C25H26FN3O3S. The zero-order valence-electron chi connectivity index (χ0n) is 18.7. The normalized spacial score (nSPS) is 26.3. The predicted molar refractivity (Wildman–Crippen MR) is 126 cm³/mol. The summed E-state index contributed by atoms with van der Waals surface area (Å²) in [5.41, 5.74) is 4.31. The van der Waals surface area contributed by atoms with Gasteiger partial charge < -0.3 is 9.74 Å². The minimum absolute atomic E-state index is 0.226. The number of rotatable bonds is 3. The third-order valence-corrected chi connectivity index (χ3v) is 8.64. The molecule has 6 rings (SSSR count). The van der Waals surface area contributed by atoms with Crippen molar-refractivity contribution in [1.29, 1.82) is 0 Å². The van der Waals surface area contributed by atoms with E-state index in [1.54, 1.807) is 12.1 Å². The Labute approximate surface area is 193 Å². The number of piperidine rings is 1. The molecule has 2 aromatic rings. The molecule has 4 aliphatic rings. The van der Waals surface area contributed by atoms with Gasteiger partial charge in [-0.15, -0.1) is 0 Å². The first-order valence-electron chi connectivity index (χ1n) is 11.3. The van der Waals surface area contributed by atoms with Gasteiger partial charge in [0.1, 0.15) is 5.82 Å². The molecule has 2 fully saturated rings. The van der Waals surface area contributed by atoms with Gasteiger partial charge in [0.2, 0.25) is 15.7 Å². The monoisotopic (exact) mass is 467 g/mol. The first-order chi connectivity index (χ1) is 15.7. The molecule has 1 saturated carbocycles. The molecule has 0 N–H and O–H groups in total. The van der Waals surface area contributed by atoms with Crippen molar-refractivity contribution >= 4 is 27.6 Å². The lowest BCUT2D eigenvalue weighted by atomic mass is 9.86. The average Bonchev–Trinajstić information content (AvgIpc) is 3.21. The lowest BCUT2D eigenvalue weighted by molar-refractivity contribution is -0.0968. The Balaban J connectivity index is 1.35. The van der Waals surface area contributed by atoms with Crippen LogP contribution in [-0.4, -0.2) is 38.5 Å². The summed E-state index contributed by atoms with van der Waals surface area (Å²) in [4.78, 5) is 8.23. The molecule has 6 nitrogen and oxygen atoms in total. The van der Waals surface area contributed by atoms with Crippen LogP contribution in [0.25, 0.3) is 6.08 Å². The van der Waals surface area contributed by atoms with Crippen LogP contribution >= 0.6 is 0 Å². The third kappa shape index (κ3) is 3.34. The summed E-state index contributed by atoms with van der Waals surface area (Å²) in [6.07, 6.45) is 7.40. The number of fused-ring (bicyclic) bond motifs is 2. The van der Waals surface area contributed by atoms with Gasteiger partial charge in [-0.1, -0.05) is 23.4 Å². The van der Waals surface area contributed by atoms with Crippen LogP contribution in [0.4, 0.5) is 10.1 Å². The number of nitrogens with zero attached hydrogens (tertiary/aromatic N) is 3. The fourth-order valence-corrected chi connectivity index (χ4v) is 6.34. The van der Waals surface area contributed by atoms with E-state index in [1.807, 2.05) is 19.1 Å². The van der Waals surface area contributed by atoms with Crippen molar-refractivity contribution in [3.8, 4) is 0 Å². The van der Waals surface area contributed by atoms with Crippen LogP contribution in [0.5, 0.6) is 0 Å². The van der Waals surface area contributed by atoms with E-state index in [9.17, 15) is 12.8 Å². The van der Waals surface area contributed by atoms with Crippen molar-refractivity contribution in [2.75, 3.05) is 23.7 Å². The van der Waals surface area contributed by atoms with Crippen LogP contribution in [0, 0.1) is 11.2 Å². The van der Waals surface area contributed by atoms with Crippen molar-refractivity contribution in [2.24, 2.45) is 10.6 Å². The van der Waals surface area contributed by atoms with Gasteiger partial charge in [0.25, 0.3) is 0 Å². The molecule has 0 radical (unpaired) electrons. The Morgan fingerprint density at radius 3 is 2.61 bits per heavy atom. The van der Waals surface area contributed by atoms with Crippen molar-refractivity contribution in [1.82, 2.24) is 4.90 Å². The van der Waals surface area contributed by atoms with E-state index in [2.05, 4.69) is 22.2 Å². The summed E-state index contributed by atoms with van der Waals surface area (Å²) < 4.78 is 39.1. The van der Waals surface area contributed by atoms with E-state index in [4.69, 9.17) is 4.84 Å². The predicted octanol–water partition coefficient (Wildman–Crippen LogP) is 4.23. The Hall–Kier alpha value is -2.87. The highest BCUT2D eigenvalue weighted by Gasteiger charge is 2.56. The van der Waals surface area contributed by atoms with E-state index < -0.39 is 15.7 Å². The highest BCUT2D eigenvalue weighted by atomic mass is 32.2. The molecule has 3 heterocycles. The van der Waals surface area contributed by atoms with Crippen LogP contribution in [0.2, 0.25) is 0 Å². The maximum atomic E-state index is 13.5. The van der Waals surface area contributed by atoms with Gasteiger partial charge in [0, 0.05) is 25.6 Å². The second-order valence-corrected chi connectivity index (χ2v) is 11.8. The Morgan fingerprint density at radius 2 is 1.91 bits per heavy atom. The van der Waals surface area contributed by atoms with Crippen molar-refractivity contribution in [3.05, 3.63) is 70.5 Å².